The predicted octanol–water partition coefficient (Wildman–Crippen LogP) is 1.92. The van der Waals surface area contributed by atoms with Gasteiger partial charge in [0.15, 0.2) is 19.0 Å². The van der Waals surface area contributed by atoms with Crippen LogP contribution < -0.4 is 9.47 Å². The molecule has 0 saturated carbocycles. The fourth-order valence-corrected chi connectivity index (χ4v) is 2.49. The molecular formula is C19H14N2O8. The van der Waals surface area contributed by atoms with Crippen LogP contribution in [0.25, 0.3) is 22.2 Å². The lowest BCUT2D eigenvalue weighted by molar-refractivity contribution is -0.140. The van der Waals surface area contributed by atoms with E-state index >= 15 is 0 Å². The Bertz CT molecular complexity index is 1110. The van der Waals surface area contributed by atoms with Gasteiger partial charge in [0, 0.05) is 11.8 Å². The Kier molecular flexibility index (Phi) is 5.54. The van der Waals surface area contributed by atoms with Crippen LogP contribution in [0.5, 0.6) is 11.6 Å². The molecule has 0 saturated heterocycles. The third-order valence-corrected chi connectivity index (χ3v) is 3.75. The average Bonchev–Trinajstić information content (AvgIpc) is 2.69. The first-order valence-corrected chi connectivity index (χ1v) is 8.17. The largest absolute Gasteiger partial charge is 0.482 e. The SMILES string of the molecule is O=C(O)COc1ccc2cc(-c3ncc(C(=O)O)c(OCC(=O)O)n3)ccc2c1. The fraction of sp³-hybridized carbons (Fsp3) is 0.105. The molecule has 0 bridgehead atoms. The number of carbonyl (C=O) groups is 3. The van der Waals surface area contributed by atoms with E-state index in [-0.39, 0.29) is 17.3 Å². The minimum atomic E-state index is -1.34. The van der Waals surface area contributed by atoms with Crippen LogP contribution in [0.15, 0.2) is 42.6 Å². The number of carboxylic acid groups (broad SMARTS) is 3. The second-order valence-corrected chi connectivity index (χ2v) is 5.81. The van der Waals surface area contributed by atoms with Crippen molar-refractivity contribution in [2.75, 3.05) is 13.2 Å². The zero-order valence-corrected chi connectivity index (χ0v) is 14.7. The molecule has 0 radical (unpaired) electrons. The lowest BCUT2D eigenvalue weighted by Crippen LogP contribution is -2.14. The van der Waals surface area contributed by atoms with Crippen molar-refractivity contribution in [3.8, 4) is 23.0 Å². The number of aromatic carboxylic acids is 1. The molecule has 0 spiro atoms. The Labute approximate surface area is 163 Å². The number of carboxylic acids is 3. The molecule has 0 unspecified atom stereocenters. The third kappa shape index (κ3) is 4.75. The molecule has 0 aliphatic carbocycles. The van der Waals surface area contributed by atoms with Gasteiger partial charge in [-0.05, 0) is 29.0 Å². The maximum Gasteiger partial charge on any atom is 0.342 e. The maximum atomic E-state index is 11.3. The molecule has 0 aliphatic rings. The van der Waals surface area contributed by atoms with E-state index < -0.39 is 31.1 Å². The molecule has 29 heavy (non-hydrogen) atoms. The molecule has 0 amide bonds. The highest BCUT2D eigenvalue weighted by molar-refractivity contribution is 5.91. The molecule has 3 aromatic rings. The molecule has 2 aromatic carbocycles. The first-order valence-electron chi connectivity index (χ1n) is 8.17. The van der Waals surface area contributed by atoms with E-state index in [2.05, 4.69) is 9.97 Å². The molecule has 1 aromatic heterocycles. The molecular weight excluding hydrogens is 384 g/mol. The summed E-state index contributed by atoms with van der Waals surface area (Å²) < 4.78 is 10.1. The number of hydrogen-bond acceptors (Lipinski definition) is 7. The molecule has 0 atom stereocenters. The van der Waals surface area contributed by atoms with Gasteiger partial charge in [0.1, 0.15) is 11.3 Å². The number of rotatable bonds is 8. The van der Waals surface area contributed by atoms with Crippen LogP contribution in [0.2, 0.25) is 0 Å². The Morgan fingerprint density at radius 3 is 2.21 bits per heavy atom. The normalized spacial score (nSPS) is 10.5. The van der Waals surface area contributed by atoms with Crippen molar-refractivity contribution in [3.05, 3.63) is 48.2 Å². The number of ether oxygens (including phenoxy) is 2. The van der Waals surface area contributed by atoms with Gasteiger partial charge in [0.05, 0.1) is 0 Å². The lowest BCUT2D eigenvalue weighted by Gasteiger charge is -2.09. The van der Waals surface area contributed by atoms with Crippen molar-refractivity contribution in [1.29, 1.82) is 0 Å². The van der Waals surface area contributed by atoms with Crippen molar-refractivity contribution >= 4 is 28.7 Å². The second-order valence-electron chi connectivity index (χ2n) is 5.81. The van der Waals surface area contributed by atoms with Crippen molar-refractivity contribution in [1.82, 2.24) is 9.97 Å². The van der Waals surface area contributed by atoms with Crippen molar-refractivity contribution in [2.24, 2.45) is 0 Å². The summed E-state index contributed by atoms with van der Waals surface area (Å²) in [5.74, 6) is -3.48. The predicted molar refractivity (Wildman–Crippen MR) is 98.2 cm³/mol. The standard InChI is InChI=1S/C19H14N2O8/c22-15(23)8-28-13-4-3-10-5-12(2-1-11(10)6-13)17-20-7-14(19(26)27)18(21-17)29-9-16(24)25/h1-7H,8-9H2,(H,22,23)(H,24,25)(H,26,27). The van der Waals surface area contributed by atoms with Gasteiger partial charge < -0.3 is 24.8 Å². The summed E-state index contributed by atoms with van der Waals surface area (Å²) in [5, 5.41) is 28.2. The Hall–Kier alpha value is -4.21. The van der Waals surface area contributed by atoms with Crippen LogP contribution in [0.3, 0.4) is 0 Å². The van der Waals surface area contributed by atoms with Crippen LogP contribution >= 0.6 is 0 Å². The lowest BCUT2D eigenvalue weighted by atomic mass is 10.1. The Morgan fingerprint density at radius 2 is 1.52 bits per heavy atom. The topological polar surface area (TPSA) is 156 Å². The zero-order valence-electron chi connectivity index (χ0n) is 14.7. The minimum Gasteiger partial charge on any atom is -0.482 e. The van der Waals surface area contributed by atoms with Crippen molar-refractivity contribution in [2.45, 2.75) is 0 Å². The number of hydrogen-bond donors (Lipinski definition) is 3. The summed E-state index contributed by atoms with van der Waals surface area (Å²) in [6.07, 6.45) is 1.05. The Morgan fingerprint density at radius 1 is 0.862 bits per heavy atom. The highest BCUT2D eigenvalue weighted by Crippen LogP contribution is 2.27. The number of nitrogens with zero attached hydrogens (tertiary/aromatic N) is 2. The molecule has 3 rings (SSSR count). The number of aliphatic carboxylic acids is 2. The minimum absolute atomic E-state index is 0.156. The highest BCUT2D eigenvalue weighted by atomic mass is 16.5. The van der Waals surface area contributed by atoms with Crippen LogP contribution in [-0.4, -0.2) is 56.4 Å². The van der Waals surface area contributed by atoms with Gasteiger partial charge >= 0.3 is 17.9 Å². The summed E-state index contributed by atoms with van der Waals surface area (Å²) in [6, 6.07) is 10.2. The van der Waals surface area contributed by atoms with E-state index in [9.17, 15) is 19.5 Å². The first-order chi connectivity index (χ1) is 13.8. The molecule has 148 valence electrons. The van der Waals surface area contributed by atoms with E-state index in [1.165, 1.54) is 0 Å². The van der Waals surface area contributed by atoms with Gasteiger partial charge in [-0.15, -0.1) is 0 Å². The van der Waals surface area contributed by atoms with Gasteiger partial charge in [0.25, 0.3) is 0 Å². The Balaban J connectivity index is 1.93. The summed E-state index contributed by atoms with van der Waals surface area (Å²) >= 11 is 0. The zero-order chi connectivity index (χ0) is 21.0. The summed E-state index contributed by atoms with van der Waals surface area (Å²) in [4.78, 5) is 40.6. The number of aromatic nitrogens is 2. The van der Waals surface area contributed by atoms with E-state index in [0.717, 1.165) is 17.0 Å². The second kappa shape index (κ2) is 8.21. The van der Waals surface area contributed by atoms with Crippen LogP contribution in [0, 0.1) is 0 Å². The number of benzene rings is 2. The van der Waals surface area contributed by atoms with Gasteiger partial charge in [-0.1, -0.05) is 18.2 Å². The quantitative estimate of drug-likeness (QED) is 0.512. The fourth-order valence-electron chi connectivity index (χ4n) is 2.49. The van der Waals surface area contributed by atoms with Gasteiger partial charge in [-0.3, -0.25) is 0 Å². The average molecular weight is 398 g/mol. The van der Waals surface area contributed by atoms with Gasteiger partial charge in [-0.25, -0.2) is 19.4 Å². The molecule has 1 heterocycles. The van der Waals surface area contributed by atoms with E-state index in [0.29, 0.717) is 11.3 Å². The summed E-state index contributed by atoms with van der Waals surface area (Å²) in [7, 11) is 0. The van der Waals surface area contributed by atoms with Crippen molar-refractivity contribution in [3.63, 3.8) is 0 Å². The van der Waals surface area contributed by atoms with Gasteiger partial charge in [0.2, 0.25) is 5.88 Å². The van der Waals surface area contributed by atoms with Crippen LogP contribution in [-0.2, 0) is 9.59 Å². The van der Waals surface area contributed by atoms with Crippen molar-refractivity contribution < 1.29 is 39.2 Å². The van der Waals surface area contributed by atoms with Crippen LogP contribution in [0.1, 0.15) is 10.4 Å². The molecule has 10 heteroatoms. The van der Waals surface area contributed by atoms with Gasteiger partial charge in [-0.2, -0.15) is 4.98 Å². The smallest absolute Gasteiger partial charge is 0.342 e. The molecule has 0 aliphatic heterocycles. The summed E-state index contributed by atoms with van der Waals surface area (Å²) in [6.45, 7) is -1.19. The van der Waals surface area contributed by atoms with E-state index in [4.69, 9.17) is 19.7 Å². The highest BCUT2D eigenvalue weighted by Gasteiger charge is 2.17. The summed E-state index contributed by atoms with van der Waals surface area (Å²) in [5.41, 5.74) is 0.199. The molecule has 3 N–H and O–H groups in total. The molecule has 10 nitrogen and oxygen atoms in total. The van der Waals surface area contributed by atoms with Crippen LogP contribution in [0.4, 0.5) is 0 Å². The third-order valence-electron chi connectivity index (χ3n) is 3.75. The molecule has 0 fully saturated rings. The first kappa shape index (κ1) is 19.5. The number of fused-ring (bicyclic) bond motifs is 1. The maximum absolute atomic E-state index is 11.3. The monoisotopic (exact) mass is 398 g/mol. The van der Waals surface area contributed by atoms with E-state index in [1.54, 1.807) is 36.4 Å². The van der Waals surface area contributed by atoms with E-state index in [1.807, 2.05) is 0 Å².